The van der Waals surface area contributed by atoms with Gasteiger partial charge < -0.3 is 24.4 Å². The van der Waals surface area contributed by atoms with Crippen LogP contribution in [0.4, 0.5) is 11.5 Å². The second-order valence-electron chi connectivity index (χ2n) is 7.43. The molecule has 4 rings (SSSR count). The normalized spacial score (nSPS) is 15.8. The van der Waals surface area contributed by atoms with E-state index in [4.69, 9.17) is 14.7 Å². The number of carbonyl (C=O) groups is 1. The van der Waals surface area contributed by atoms with Crippen LogP contribution in [0.5, 0.6) is 17.2 Å². The number of hydrogen-bond donors (Lipinski definition) is 3. The molecule has 3 aromatic rings. The molecule has 0 unspecified atom stereocenters. The van der Waals surface area contributed by atoms with Crippen molar-refractivity contribution >= 4 is 17.4 Å². The standard InChI is InChI=1S/C23H25N5O5/c1-32-20-11-19(24-13-21(20)33-18-5-3-2-4-6-18)23(30)28-10-9-27(14-17(28)15-29)16-7-8-22(26-31)25-12-16/h2-8,11-13,17,29,31H,9-10,14-15H2,1H3,(H,25,26)/t17-/m1/s1. The van der Waals surface area contributed by atoms with Gasteiger partial charge in [0.2, 0.25) is 0 Å². The highest BCUT2D eigenvalue weighted by atomic mass is 16.5. The van der Waals surface area contributed by atoms with Crippen molar-refractivity contribution in [1.29, 1.82) is 0 Å². The molecule has 0 saturated carbocycles. The molecule has 1 amide bonds. The SMILES string of the molecule is COc1cc(C(=O)N2CCN(c3ccc(NO)nc3)C[C@@H]2CO)ncc1Oc1ccccc1. The van der Waals surface area contributed by atoms with Crippen LogP contribution in [0.25, 0.3) is 0 Å². The zero-order valence-electron chi connectivity index (χ0n) is 18.1. The Morgan fingerprint density at radius 2 is 1.94 bits per heavy atom. The summed E-state index contributed by atoms with van der Waals surface area (Å²) < 4.78 is 11.2. The van der Waals surface area contributed by atoms with Gasteiger partial charge in [-0.1, -0.05) is 18.2 Å². The molecule has 33 heavy (non-hydrogen) atoms. The van der Waals surface area contributed by atoms with Crippen molar-refractivity contribution in [3.8, 4) is 17.2 Å². The summed E-state index contributed by atoms with van der Waals surface area (Å²) in [6.07, 6.45) is 3.09. The van der Waals surface area contributed by atoms with E-state index in [-0.39, 0.29) is 18.2 Å². The molecule has 0 spiro atoms. The molecule has 10 nitrogen and oxygen atoms in total. The van der Waals surface area contributed by atoms with Gasteiger partial charge in [0.05, 0.1) is 37.8 Å². The molecule has 3 heterocycles. The minimum Gasteiger partial charge on any atom is -0.493 e. The van der Waals surface area contributed by atoms with Crippen LogP contribution in [-0.4, -0.2) is 70.5 Å². The van der Waals surface area contributed by atoms with Gasteiger partial charge in [-0.25, -0.2) is 9.97 Å². The molecule has 1 aliphatic rings. The van der Waals surface area contributed by atoms with Crippen molar-refractivity contribution < 1.29 is 24.6 Å². The molecule has 3 N–H and O–H groups in total. The Morgan fingerprint density at radius 1 is 1.12 bits per heavy atom. The molecule has 0 bridgehead atoms. The number of nitrogens with zero attached hydrogens (tertiary/aromatic N) is 4. The average molecular weight is 451 g/mol. The summed E-state index contributed by atoms with van der Waals surface area (Å²) in [7, 11) is 1.50. The Kier molecular flexibility index (Phi) is 6.86. The lowest BCUT2D eigenvalue weighted by atomic mass is 10.1. The summed E-state index contributed by atoms with van der Waals surface area (Å²) in [4.78, 5) is 25.3. The zero-order valence-corrected chi connectivity index (χ0v) is 18.1. The first kappa shape index (κ1) is 22.3. The number of carbonyl (C=O) groups excluding carboxylic acids is 1. The molecule has 0 radical (unpaired) electrons. The lowest BCUT2D eigenvalue weighted by molar-refractivity contribution is 0.0559. The van der Waals surface area contributed by atoms with Crippen LogP contribution in [0.2, 0.25) is 0 Å². The largest absolute Gasteiger partial charge is 0.493 e. The van der Waals surface area contributed by atoms with Gasteiger partial charge in [0.1, 0.15) is 17.3 Å². The maximum atomic E-state index is 13.2. The van der Waals surface area contributed by atoms with E-state index in [0.29, 0.717) is 42.7 Å². The third kappa shape index (κ3) is 4.97. The van der Waals surface area contributed by atoms with Crippen molar-refractivity contribution in [1.82, 2.24) is 14.9 Å². The molecular weight excluding hydrogens is 426 g/mol. The maximum Gasteiger partial charge on any atom is 0.273 e. The van der Waals surface area contributed by atoms with Gasteiger partial charge in [-0.15, -0.1) is 0 Å². The minimum atomic E-state index is -0.421. The van der Waals surface area contributed by atoms with Crippen LogP contribution in [-0.2, 0) is 0 Å². The first-order valence-electron chi connectivity index (χ1n) is 10.4. The highest BCUT2D eigenvalue weighted by Crippen LogP contribution is 2.31. The predicted octanol–water partition coefficient (Wildman–Crippen LogP) is 2.40. The number of aliphatic hydroxyl groups excluding tert-OH is 1. The van der Waals surface area contributed by atoms with Gasteiger partial charge in [0.15, 0.2) is 11.5 Å². The van der Waals surface area contributed by atoms with E-state index in [1.165, 1.54) is 13.3 Å². The van der Waals surface area contributed by atoms with Crippen LogP contribution in [0.1, 0.15) is 10.5 Å². The third-order valence-electron chi connectivity index (χ3n) is 5.42. The second-order valence-corrected chi connectivity index (χ2v) is 7.43. The number of para-hydroxylation sites is 1. The summed E-state index contributed by atoms with van der Waals surface area (Å²) in [6, 6.07) is 13.8. The van der Waals surface area contributed by atoms with Crippen molar-refractivity contribution in [2.45, 2.75) is 6.04 Å². The summed E-state index contributed by atoms with van der Waals surface area (Å²) >= 11 is 0. The first-order chi connectivity index (χ1) is 16.1. The lowest BCUT2D eigenvalue weighted by Gasteiger charge is -2.41. The summed E-state index contributed by atoms with van der Waals surface area (Å²) in [5.74, 6) is 1.46. The quantitative estimate of drug-likeness (QED) is 0.465. The van der Waals surface area contributed by atoms with E-state index in [1.807, 2.05) is 46.8 Å². The molecule has 172 valence electrons. The lowest BCUT2D eigenvalue weighted by Crippen LogP contribution is -2.57. The summed E-state index contributed by atoms with van der Waals surface area (Å²) in [5, 5.41) is 18.9. The smallest absolute Gasteiger partial charge is 0.273 e. The number of pyridine rings is 2. The van der Waals surface area contributed by atoms with E-state index in [0.717, 1.165) is 5.69 Å². The van der Waals surface area contributed by atoms with Gasteiger partial charge in [0, 0.05) is 25.7 Å². The van der Waals surface area contributed by atoms with Crippen molar-refractivity contribution in [3.63, 3.8) is 0 Å². The number of methoxy groups -OCH3 is 1. The Balaban J connectivity index is 1.48. The highest BCUT2D eigenvalue weighted by molar-refractivity contribution is 5.93. The van der Waals surface area contributed by atoms with Crippen LogP contribution < -0.4 is 19.9 Å². The number of anilines is 2. The van der Waals surface area contributed by atoms with Gasteiger partial charge in [-0.3, -0.25) is 15.5 Å². The predicted molar refractivity (Wildman–Crippen MR) is 121 cm³/mol. The topological polar surface area (TPSA) is 120 Å². The number of nitrogens with one attached hydrogen (secondary N) is 1. The molecule has 1 aliphatic heterocycles. The number of aliphatic hydroxyl groups is 1. The van der Waals surface area contributed by atoms with Crippen LogP contribution in [0.3, 0.4) is 0 Å². The van der Waals surface area contributed by atoms with E-state index >= 15 is 0 Å². The van der Waals surface area contributed by atoms with E-state index in [9.17, 15) is 9.90 Å². The van der Waals surface area contributed by atoms with Gasteiger partial charge in [-0.05, 0) is 24.3 Å². The molecule has 1 fully saturated rings. The second kappa shape index (κ2) is 10.2. The van der Waals surface area contributed by atoms with E-state index in [1.54, 1.807) is 23.2 Å². The number of benzene rings is 1. The fourth-order valence-electron chi connectivity index (χ4n) is 3.69. The first-order valence-corrected chi connectivity index (χ1v) is 10.4. The molecule has 1 saturated heterocycles. The number of amides is 1. The molecule has 10 heteroatoms. The van der Waals surface area contributed by atoms with Gasteiger partial charge >= 0.3 is 0 Å². The molecule has 0 aliphatic carbocycles. The van der Waals surface area contributed by atoms with Crippen LogP contribution >= 0.6 is 0 Å². The van der Waals surface area contributed by atoms with Crippen LogP contribution in [0.15, 0.2) is 60.9 Å². The monoisotopic (exact) mass is 451 g/mol. The van der Waals surface area contributed by atoms with Crippen molar-refractivity contribution in [3.05, 3.63) is 66.6 Å². The Bertz CT molecular complexity index is 1080. The third-order valence-corrected chi connectivity index (χ3v) is 5.42. The summed E-state index contributed by atoms with van der Waals surface area (Å²) in [6.45, 7) is 1.19. The zero-order chi connectivity index (χ0) is 23.2. The van der Waals surface area contributed by atoms with E-state index < -0.39 is 6.04 Å². The van der Waals surface area contributed by atoms with Gasteiger partial charge in [-0.2, -0.15) is 0 Å². The number of rotatable bonds is 7. The molecule has 2 aromatic heterocycles. The molecular formula is C23H25N5O5. The molecule has 1 aromatic carbocycles. The molecule has 1 atom stereocenters. The number of hydrogen-bond acceptors (Lipinski definition) is 9. The summed E-state index contributed by atoms with van der Waals surface area (Å²) in [5.41, 5.74) is 3.04. The van der Waals surface area contributed by atoms with E-state index in [2.05, 4.69) is 9.97 Å². The minimum absolute atomic E-state index is 0.196. The number of piperazine rings is 1. The average Bonchev–Trinajstić information content (AvgIpc) is 2.88. The van der Waals surface area contributed by atoms with Crippen molar-refractivity contribution in [2.24, 2.45) is 0 Å². The fourth-order valence-corrected chi connectivity index (χ4v) is 3.69. The Hall–Kier alpha value is -3.89. The Morgan fingerprint density at radius 3 is 2.61 bits per heavy atom. The number of ether oxygens (including phenoxy) is 2. The van der Waals surface area contributed by atoms with Crippen molar-refractivity contribution in [2.75, 3.05) is 43.7 Å². The fraction of sp³-hybridized carbons (Fsp3) is 0.261. The Labute approximate surface area is 191 Å². The van der Waals surface area contributed by atoms with Crippen LogP contribution in [0, 0.1) is 0 Å². The highest BCUT2D eigenvalue weighted by Gasteiger charge is 2.32. The van der Waals surface area contributed by atoms with Gasteiger partial charge in [0.25, 0.3) is 5.91 Å². The number of aromatic nitrogens is 2. The maximum absolute atomic E-state index is 13.2.